The molecule has 1 N–H and O–H groups in total. The van der Waals surface area contributed by atoms with Crippen molar-refractivity contribution in [2.45, 2.75) is 19.5 Å². The summed E-state index contributed by atoms with van der Waals surface area (Å²) in [6, 6.07) is 13.4. The smallest absolute Gasteiger partial charge is 0.241 e. The number of fused-ring (bicyclic) bond motifs is 1. The first-order valence-corrected chi connectivity index (χ1v) is 9.93. The third kappa shape index (κ3) is 4.46. The number of benzene rings is 2. The molecule has 1 saturated heterocycles. The molecular formula is C22H27N3O4. The van der Waals surface area contributed by atoms with Gasteiger partial charge >= 0.3 is 0 Å². The summed E-state index contributed by atoms with van der Waals surface area (Å²) in [7, 11) is 1.60. The first-order valence-electron chi connectivity index (χ1n) is 9.93. The Hall–Kier alpha value is -2.77. The zero-order valence-electron chi connectivity index (χ0n) is 16.9. The fraction of sp³-hybridized carbons (Fsp3) is 0.409. The number of anilines is 1. The van der Waals surface area contributed by atoms with Gasteiger partial charge in [-0.05, 0) is 36.8 Å². The Kier molecular flexibility index (Phi) is 5.87. The van der Waals surface area contributed by atoms with Crippen LogP contribution in [-0.4, -0.2) is 61.8 Å². The van der Waals surface area contributed by atoms with Crippen molar-refractivity contribution in [3.63, 3.8) is 0 Å². The number of para-hydroxylation sites is 2. The summed E-state index contributed by atoms with van der Waals surface area (Å²) in [5, 5.41) is 2.99. The summed E-state index contributed by atoms with van der Waals surface area (Å²) in [5.74, 6) is 2.29. The first kappa shape index (κ1) is 19.5. The number of hydrogen-bond acceptors (Lipinski definition) is 6. The average molecular weight is 397 g/mol. The number of carbonyl (C=O) groups is 1. The second-order valence-corrected chi connectivity index (χ2v) is 7.37. The third-order valence-corrected chi connectivity index (χ3v) is 5.54. The lowest BCUT2D eigenvalue weighted by Crippen LogP contribution is -2.52. The number of amides is 1. The Morgan fingerprint density at radius 1 is 1.10 bits per heavy atom. The van der Waals surface area contributed by atoms with Crippen LogP contribution in [0.15, 0.2) is 42.5 Å². The molecule has 2 aliphatic rings. The molecule has 2 aliphatic heterocycles. The van der Waals surface area contributed by atoms with Gasteiger partial charge in [0.1, 0.15) is 5.75 Å². The Morgan fingerprint density at radius 3 is 2.66 bits per heavy atom. The molecule has 29 heavy (non-hydrogen) atoms. The van der Waals surface area contributed by atoms with Gasteiger partial charge in [0.2, 0.25) is 12.7 Å². The molecule has 2 aromatic carbocycles. The second-order valence-electron chi connectivity index (χ2n) is 7.37. The minimum atomic E-state index is -0.201. The van der Waals surface area contributed by atoms with Gasteiger partial charge in [0.25, 0.3) is 0 Å². The lowest BCUT2D eigenvalue weighted by atomic mass is 10.1. The quantitative estimate of drug-likeness (QED) is 0.808. The molecule has 7 nitrogen and oxygen atoms in total. The predicted octanol–water partition coefficient (Wildman–Crippen LogP) is 2.57. The lowest BCUT2D eigenvalue weighted by molar-refractivity contribution is -0.121. The summed E-state index contributed by atoms with van der Waals surface area (Å²) in [6.07, 6.45) is 0. The maximum absolute atomic E-state index is 12.7. The van der Waals surface area contributed by atoms with E-state index in [-0.39, 0.29) is 11.9 Å². The number of carbonyl (C=O) groups excluding carboxylic acids is 1. The third-order valence-electron chi connectivity index (χ3n) is 5.54. The Morgan fingerprint density at radius 2 is 1.86 bits per heavy atom. The summed E-state index contributed by atoms with van der Waals surface area (Å²) < 4.78 is 16.2. The van der Waals surface area contributed by atoms with Crippen molar-refractivity contribution in [1.82, 2.24) is 9.80 Å². The van der Waals surface area contributed by atoms with Crippen LogP contribution in [0.1, 0.15) is 12.5 Å². The number of hydrogen-bond donors (Lipinski definition) is 1. The van der Waals surface area contributed by atoms with Crippen LogP contribution in [-0.2, 0) is 11.3 Å². The molecule has 0 bridgehead atoms. The summed E-state index contributed by atoms with van der Waals surface area (Å²) in [4.78, 5) is 17.3. The van der Waals surface area contributed by atoms with E-state index in [0.717, 1.165) is 44.2 Å². The Bertz CT molecular complexity index is 865. The Balaban J connectivity index is 1.29. The van der Waals surface area contributed by atoms with Gasteiger partial charge in [-0.2, -0.15) is 0 Å². The molecule has 2 heterocycles. The van der Waals surface area contributed by atoms with Gasteiger partial charge in [-0.1, -0.05) is 18.2 Å². The SMILES string of the molecule is COc1ccccc1NC(=O)C(C)N1CCN(Cc2ccc3c(c2)OCO3)CC1. The minimum Gasteiger partial charge on any atom is -0.495 e. The van der Waals surface area contributed by atoms with E-state index < -0.39 is 0 Å². The van der Waals surface area contributed by atoms with Crippen LogP contribution in [0.4, 0.5) is 5.69 Å². The average Bonchev–Trinajstić information content (AvgIpc) is 3.22. The van der Waals surface area contributed by atoms with Crippen molar-refractivity contribution in [3.8, 4) is 17.2 Å². The van der Waals surface area contributed by atoms with Crippen molar-refractivity contribution in [3.05, 3.63) is 48.0 Å². The molecule has 1 unspecified atom stereocenters. The highest BCUT2D eigenvalue weighted by atomic mass is 16.7. The lowest BCUT2D eigenvalue weighted by Gasteiger charge is -2.37. The summed E-state index contributed by atoms with van der Waals surface area (Å²) in [5.41, 5.74) is 1.91. The first-order chi connectivity index (χ1) is 14.1. The van der Waals surface area contributed by atoms with Crippen LogP contribution in [0.3, 0.4) is 0 Å². The number of piperazine rings is 1. The van der Waals surface area contributed by atoms with Crippen LogP contribution in [0.5, 0.6) is 17.2 Å². The van der Waals surface area contributed by atoms with Crippen LogP contribution < -0.4 is 19.5 Å². The summed E-state index contributed by atoms with van der Waals surface area (Å²) >= 11 is 0. The molecule has 1 amide bonds. The zero-order chi connectivity index (χ0) is 20.2. The van der Waals surface area contributed by atoms with E-state index >= 15 is 0 Å². The van der Waals surface area contributed by atoms with Gasteiger partial charge in [0.05, 0.1) is 18.8 Å². The zero-order valence-corrected chi connectivity index (χ0v) is 16.9. The van der Waals surface area contributed by atoms with Crippen molar-refractivity contribution in [1.29, 1.82) is 0 Å². The molecule has 1 atom stereocenters. The van der Waals surface area contributed by atoms with Gasteiger partial charge < -0.3 is 19.5 Å². The number of nitrogens with one attached hydrogen (secondary N) is 1. The topological polar surface area (TPSA) is 63.3 Å². The van der Waals surface area contributed by atoms with E-state index in [0.29, 0.717) is 18.2 Å². The van der Waals surface area contributed by atoms with E-state index in [4.69, 9.17) is 14.2 Å². The monoisotopic (exact) mass is 397 g/mol. The van der Waals surface area contributed by atoms with Crippen LogP contribution in [0, 0.1) is 0 Å². The highest BCUT2D eigenvalue weighted by Gasteiger charge is 2.26. The van der Waals surface area contributed by atoms with Gasteiger partial charge in [-0.25, -0.2) is 0 Å². The highest BCUT2D eigenvalue weighted by molar-refractivity contribution is 5.95. The predicted molar refractivity (Wildman–Crippen MR) is 111 cm³/mol. The Labute approximate surface area is 171 Å². The number of ether oxygens (including phenoxy) is 3. The van der Waals surface area contributed by atoms with Crippen molar-refractivity contribution in [2.24, 2.45) is 0 Å². The molecular weight excluding hydrogens is 370 g/mol. The van der Waals surface area contributed by atoms with Crippen LogP contribution >= 0.6 is 0 Å². The van der Waals surface area contributed by atoms with E-state index in [2.05, 4.69) is 27.2 Å². The van der Waals surface area contributed by atoms with E-state index in [9.17, 15) is 4.79 Å². The number of nitrogens with zero attached hydrogens (tertiary/aromatic N) is 2. The fourth-order valence-corrected chi connectivity index (χ4v) is 3.76. The molecule has 4 rings (SSSR count). The maximum atomic E-state index is 12.7. The van der Waals surface area contributed by atoms with Crippen molar-refractivity contribution >= 4 is 11.6 Å². The molecule has 0 aliphatic carbocycles. The molecule has 0 spiro atoms. The van der Waals surface area contributed by atoms with Crippen LogP contribution in [0.2, 0.25) is 0 Å². The molecule has 0 saturated carbocycles. The van der Waals surface area contributed by atoms with Gasteiger partial charge in [0, 0.05) is 32.7 Å². The van der Waals surface area contributed by atoms with E-state index in [1.54, 1.807) is 7.11 Å². The summed E-state index contributed by atoms with van der Waals surface area (Å²) in [6.45, 7) is 6.66. The van der Waals surface area contributed by atoms with E-state index in [1.165, 1.54) is 5.56 Å². The minimum absolute atomic E-state index is 0.0151. The standard InChI is InChI=1S/C22H27N3O4/c1-16(22(26)23-18-5-3-4-6-19(18)27-2)25-11-9-24(10-12-25)14-17-7-8-20-21(13-17)29-15-28-20/h3-8,13,16H,9-12,14-15H2,1-2H3,(H,23,26). The number of rotatable bonds is 6. The van der Waals surface area contributed by atoms with Gasteiger partial charge in [-0.3, -0.25) is 14.6 Å². The second kappa shape index (κ2) is 8.71. The van der Waals surface area contributed by atoms with Crippen LogP contribution in [0.25, 0.3) is 0 Å². The molecule has 0 radical (unpaired) electrons. The van der Waals surface area contributed by atoms with Gasteiger partial charge in [0.15, 0.2) is 11.5 Å². The normalized spacial score (nSPS) is 17.7. The molecule has 1 fully saturated rings. The van der Waals surface area contributed by atoms with Gasteiger partial charge in [-0.15, -0.1) is 0 Å². The largest absolute Gasteiger partial charge is 0.495 e. The van der Waals surface area contributed by atoms with Crippen molar-refractivity contribution in [2.75, 3.05) is 45.4 Å². The number of methoxy groups -OCH3 is 1. The maximum Gasteiger partial charge on any atom is 0.241 e. The van der Waals surface area contributed by atoms with Crippen molar-refractivity contribution < 1.29 is 19.0 Å². The fourth-order valence-electron chi connectivity index (χ4n) is 3.76. The molecule has 154 valence electrons. The van der Waals surface area contributed by atoms with E-state index in [1.807, 2.05) is 37.3 Å². The highest BCUT2D eigenvalue weighted by Crippen LogP contribution is 2.33. The molecule has 2 aromatic rings. The molecule has 0 aromatic heterocycles. The molecule has 7 heteroatoms.